The number of carbonyl (C=O) groups is 1. The van der Waals surface area contributed by atoms with Crippen molar-refractivity contribution in [2.75, 3.05) is 18.9 Å². The molecule has 2 aromatic rings. The highest BCUT2D eigenvalue weighted by atomic mass is 16.3. The molecule has 7 heteroatoms. The van der Waals surface area contributed by atoms with Crippen molar-refractivity contribution in [3.05, 3.63) is 24.4 Å². The number of aromatic nitrogens is 3. The number of urea groups is 1. The number of nitrogens with zero attached hydrogens (tertiary/aromatic N) is 4. The molecule has 0 aromatic carbocycles. The second-order valence-electron chi connectivity index (χ2n) is 4.44. The summed E-state index contributed by atoms with van der Waals surface area (Å²) < 4.78 is 1.69. The molecule has 0 aliphatic heterocycles. The molecule has 2 heterocycles. The number of nitrogens with one attached hydrogen (secondary N) is 1. The van der Waals surface area contributed by atoms with Gasteiger partial charge in [-0.2, -0.15) is 0 Å². The van der Waals surface area contributed by atoms with Gasteiger partial charge in [-0.1, -0.05) is 6.07 Å². The van der Waals surface area contributed by atoms with Crippen LogP contribution in [0.15, 0.2) is 24.4 Å². The first-order valence-electron chi connectivity index (χ1n) is 6.08. The van der Waals surface area contributed by atoms with Crippen molar-refractivity contribution in [1.29, 1.82) is 0 Å². The van der Waals surface area contributed by atoms with Crippen molar-refractivity contribution < 1.29 is 9.90 Å². The number of anilines is 1. The van der Waals surface area contributed by atoms with Crippen molar-refractivity contribution >= 4 is 17.6 Å². The predicted molar refractivity (Wildman–Crippen MR) is 70.9 cm³/mol. The molecule has 0 bridgehead atoms. The smallest absolute Gasteiger partial charge is 0.323 e. The topological polar surface area (TPSA) is 82.8 Å². The van der Waals surface area contributed by atoms with Crippen molar-refractivity contribution in [3.8, 4) is 0 Å². The molecule has 102 valence electrons. The molecule has 1 unspecified atom stereocenters. The molecule has 2 N–H and O–H groups in total. The van der Waals surface area contributed by atoms with Crippen LogP contribution in [0.5, 0.6) is 0 Å². The summed E-state index contributed by atoms with van der Waals surface area (Å²) >= 11 is 0. The molecule has 0 saturated heterocycles. The second-order valence-corrected chi connectivity index (χ2v) is 4.44. The maximum Gasteiger partial charge on any atom is 0.323 e. The molecular formula is C12H17N5O2. The van der Waals surface area contributed by atoms with Crippen LogP contribution in [-0.4, -0.2) is 50.3 Å². The Balaban J connectivity index is 2.02. The minimum atomic E-state index is -0.427. The lowest BCUT2D eigenvalue weighted by atomic mass is 10.3. The summed E-state index contributed by atoms with van der Waals surface area (Å²) in [6.45, 7) is 2.16. The van der Waals surface area contributed by atoms with E-state index in [2.05, 4.69) is 15.5 Å². The van der Waals surface area contributed by atoms with Gasteiger partial charge in [-0.15, -0.1) is 10.2 Å². The van der Waals surface area contributed by atoms with Crippen LogP contribution < -0.4 is 5.32 Å². The lowest BCUT2D eigenvalue weighted by Gasteiger charge is -2.17. The van der Waals surface area contributed by atoms with Crippen LogP contribution in [0.4, 0.5) is 10.7 Å². The van der Waals surface area contributed by atoms with Crippen molar-refractivity contribution in [2.45, 2.75) is 19.4 Å². The van der Waals surface area contributed by atoms with Gasteiger partial charge in [0, 0.05) is 19.8 Å². The summed E-state index contributed by atoms with van der Waals surface area (Å²) in [6, 6.07) is 5.21. The van der Waals surface area contributed by atoms with E-state index in [1.807, 2.05) is 12.1 Å². The number of fused-ring (bicyclic) bond motifs is 1. The quantitative estimate of drug-likeness (QED) is 0.860. The third kappa shape index (κ3) is 3.19. The summed E-state index contributed by atoms with van der Waals surface area (Å²) in [5, 5.41) is 19.7. The Morgan fingerprint density at radius 3 is 3.05 bits per heavy atom. The average Bonchev–Trinajstić information content (AvgIpc) is 2.79. The third-order valence-corrected chi connectivity index (χ3v) is 2.76. The average molecular weight is 263 g/mol. The molecule has 19 heavy (non-hydrogen) atoms. The molecule has 7 nitrogen and oxygen atoms in total. The number of hydrogen-bond donors (Lipinski definition) is 2. The first kappa shape index (κ1) is 13.3. The molecular weight excluding hydrogens is 246 g/mol. The van der Waals surface area contributed by atoms with Crippen LogP contribution in [-0.2, 0) is 0 Å². The van der Waals surface area contributed by atoms with Crippen LogP contribution in [0.25, 0.3) is 5.65 Å². The SMILES string of the molecule is CC(O)CCN(C)C(=O)Nc1nnc2ccccn12. The van der Waals surface area contributed by atoms with Gasteiger partial charge in [0.1, 0.15) is 0 Å². The summed E-state index contributed by atoms with van der Waals surface area (Å²) in [5.41, 5.74) is 0.671. The molecule has 2 rings (SSSR count). The zero-order valence-corrected chi connectivity index (χ0v) is 10.9. The summed E-state index contributed by atoms with van der Waals surface area (Å²) in [7, 11) is 1.67. The molecule has 0 spiro atoms. The van der Waals surface area contributed by atoms with Gasteiger partial charge in [-0.3, -0.25) is 9.72 Å². The molecule has 0 aliphatic rings. The van der Waals surface area contributed by atoms with Gasteiger partial charge in [0.25, 0.3) is 0 Å². The van der Waals surface area contributed by atoms with Gasteiger partial charge >= 0.3 is 6.03 Å². The van der Waals surface area contributed by atoms with E-state index in [1.54, 1.807) is 30.6 Å². The normalized spacial score (nSPS) is 12.4. The third-order valence-electron chi connectivity index (χ3n) is 2.76. The van der Waals surface area contributed by atoms with Crippen LogP contribution in [0.3, 0.4) is 0 Å². The van der Waals surface area contributed by atoms with Gasteiger partial charge in [0.15, 0.2) is 5.65 Å². The standard InChI is InChI=1S/C12H17N5O2/c1-9(18)6-8-16(2)12(19)13-11-15-14-10-5-3-4-7-17(10)11/h3-5,7,9,18H,6,8H2,1-2H3,(H,13,15,19). The van der Waals surface area contributed by atoms with Crippen LogP contribution in [0, 0.1) is 0 Å². The number of hydrogen-bond acceptors (Lipinski definition) is 4. The number of pyridine rings is 1. The lowest BCUT2D eigenvalue weighted by molar-refractivity contribution is 0.167. The van der Waals surface area contributed by atoms with Gasteiger partial charge in [-0.05, 0) is 25.5 Å². The minimum Gasteiger partial charge on any atom is -0.393 e. The fourth-order valence-electron chi connectivity index (χ4n) is 1.60. The van der Waals surface area contributed by atoms with Crippen LogP contribution in [0.1, 0.15) is 13.3 Å². The van der Waals surface area contributed by atoms with Crippen molar-refractivity contribution in [1.82, 2.24) is 19.5 Å². The lowest BCUT2D eigenvalue weighted by Crippen LogP contribution is -2.33. The van der Waals surface area contributed by atoms with Crippen molar-refractivity contribution in [3.63, 3.8) is 0 Å². The number of aliphatic hydroxyl groups excluding tert-OH is 1. The Morgan fingerprint density at radius 1 is 1.53 bits per heavy atom. The molecule has 2 aromatic heterocycles. The highest BCUT2D eigenvalue weighted by Crippen LogP contribution is 2.08. The Bertz CT molecular complexity index is 566. The van der Waals surface area contributed by atoms with Gasteiger partial charge in [-0.25, -0.2) is 4.79 Å². The molecule has 0 radical (unpaired) electrons. The van der Waals surface area contributed by atoms with E-state index in [9.17, 15) is 9.90 Å². The maximum absolute atomic E-state index is 11.9. The number of carbonyl (C=O) groups excluding carboxylic acids is 1. The summed E-state index contributed by atoms with van der Waals surface area (Å²) in [4.78, 5) is 13.4. The van der Waals surface area contributed by atoms with Crippen LogP contribution in [0.2, 0.25) is 0 Å². The van der Waals surface area contributed by atoms with Crippen molar-refractivity contribution in [2.24, 2.45) is 0 Å². The zero-order valence-electron chi connectivity index (χ0n) is 10.9. The molecule has 1 atom stereocenters. The van der Waals surface area contributed by atoms with E-state index in [-0.39, 0.29) is 6.03 Å². The Labute approximate surface area is 110 Å². The van der Waals surface area contributed by atoms with E-state index in [4.69, 9.17) is 0 Å². The minimum absolute atomic E-state index is 0.279. The highest BCUT2D eigenvalue weighted by Gasteiger charge is 2.13. The molecule has 2 amide bonds. The van der Waals surface area contributed by atoms with E-state index in [0.717, 1.165) is 0 Å². The van der Waals surface area contributed by atoms with Crippen LogP contribution >= 0.6 is 0 Å². The zero-order chi connectivity index (χ0) is 13.8. The first-order chi connectivity index (χ1) is 9.08. The van der Waals surface area contributed by atoms with E-state index < -0.39 is 6.10 Å². The van der Waals surface area contributed by atoms with E-state index in [1.165, 1.54) is 4.90 Å². The van der Waals surface area contributed by atoms with E-state index >= 15 is 0 Å². The molecule has 0 saturated carbocycles. The van der Waals surface area contributed by atoms with Gasteiger partial charge in [0.2, 0.25) is 5.95 Å². The number of amides is 2. The Kier molecular flexibility index (Phi) is 3.96. The monoisotopic (exact) mass is 263 g/mol. The fraction of sp³-hybridized carbons (Fsp3) is 0.417. The molecule has 0 aliphatic carbocycles. The van der Waals surface area contributed by atoms with Gasteiger partial charge in [0.05, 0.1) is 6.10 Å². The first-order valence-corrected chi connectivity index (χ1v) is 6.08. The largest absolute Gasteiger partial charge is 0.393 e. The number of aliphatic hydroxyl groups is 1. The highest BCUT2D eigenvalue weighted by molar-refractivity contribution is 5.87. The summed E-state index contributed by atoms with van der Waals surface area (Å²) in [6.07, 6.45) is 1.88. The van der Waals surface area contributed by atoms with E-state index in [0.29, 0.717) is 24.6 Å². The fourth-order valence-corrected chi connectivity index (χ4v) is 1.60. The maximum atomic E-state index is 11.9. The summed E-state index contributed by atoms with van der Waals surface area (Å²) in [5.74, 6) is 0.379. The molecule has 0 fully saturated rings. The van der Waals surface area contributed by atoms with Gasteiger partial charge < -0.3 is 10.0 Å². The Morgan fingerprint density at radius 2 is 2.32 bits per heavy atom. The predicted octanol–water partition coefficient (Wildman–Crippen LogP) is 0.964. The number of rotatable bonds is 4. The second kappa shape index (κ2) is 5.66. The Hall–Kier alpha value is -2.15.